The van der Waals surface area contributed by atoms with Crippen LogP contribution < -0.4 is 5.48 Å². The van der Waals surface area contributed by atoms with E-state index in [1.54, 1.807) is 22.5 Å². The van der Waals surface area contributed by atoms with Gasteiger partial charge in [-0.1, -0.05) is 12.1 Å². The minimum Gasteiger partial charge on any atom is -0.289 e. The maximum Gasteiger partial charge on any atom is 0.446 e. The predicted octanol–water partition coefficient (Wildman–Crippen LogP) is 2.38. The monoisotopic (exact) mass is 306 g/mol. The lowest BCUT2D eigenvalue weighted by molar-refractivity contribution is -0.139. The van der Waals surface area contributed by atoms with E-state index in [9.17, 15) is 18.0 Å². The second-order valence-electron chi connectivity index (χ2n) is 4.45. The van der Waals surface area contributed by atoms with E-state index in [4.69, 9.17) is 5.21 Å². The topological polar surface area (TPSA) is 52.6 Å². The van der Waals surface area contributed by atoms with E-state index < -0.39 is 17.5 Å². The maximum absolute atomic E-state index is 12.3. The van der Waals surface area contributed by atoms with Gasteiger partial charge in [0.25, 0.3) is 5.91 Å². The number of rotatable bonds is 4. The van der Waals surface area contributed by atoms with Gasteiger partial charge in [0.05, 0.1) is 6.04 Å². The van der Waals surface area contributed by atoms with Crippen molar-refractivity contribution in [2.75, 3.05) is 6.54 Å². The molecule has 2 N–H and O–H groups in total. The number of hydrogen-bond donors (Lipinski definition) is 2. The van der Waals surface area contributed by atoms with Crippen LogP contribution in [0.15, 0.2) is 29.2 Å². The Morgan fingerprint density at radius 2 is 2.25 bits per heavy atom. The van der Waals surface area contributed by atoms with Crippen LogP contribution in [0.1, 0.15) is 12.0 Å². The summed E-state index contributed by atoms with van der Waals surface area (Å²) in [5.41, 5.74) is -2.02. The quantitative estimate of drug-likeness (QED) is 0.509. The first-order chi connectivity index (χ1) is 9.39. The lowest BCUT2D eigenvalue weighted by Gasteiger charge is -2.39. The average Bonchev–Trinajstić information content (AvgIpc) is 2.33. The molecule has 8 heteroatoms. The molecule has 0 spiro atoms. The summed E-state index contributed by atoms with van der Waals surface area (Å²) in [6.07, 6.45) is 0.628. The molecule has 1 atom stereocenters. The van der Waals surface area contributed by atoms with Crippen LogP contribution in [-0.4, -0.2) is 34.1 Å². The molecule has 0 bridgehead atoms. The van der Waals surface area contributed by atoms with E-state index in [0.717, 1.165) is 0 Å². The molecule has 0 radical (unpaired) electrons. The smallest absolute Gasteiger partial charge is 0.289 e. The zero-order valence-corrected chi connectivity index (χ0v) is 11.2. The van der Waals surface area contributed by atoms with Crippen molar-refractivity contribution >= 4 is 17.7 Å². The number of hydrogen-bond acceptors (Lipinski definition) is 4. The number of nitrogens with zero attached hydrogens (tertiary/aromatic N) is 1. The molecular formula is C12H13F3N2O2S. The van der Waals surface area contributed by atoms with Gasteiger partial charge in [-0.25, -0.2) is 5.48 Å². The number of thioether (sulfide) groups is 1. The van der Waals surface area contributed by atoms with Crippen molar-refractivity contribution in [3.05, 3.63) is 29.8 Å². The third-order valence-corrected chi connectivity index (χ3v) is 3.78. The minimum absolute atomic E-state index is 0.124. The molecule has 4 nitrogen and oxygen atoms in total. The van der Waals surface area contributed by atoms with Gasteiger partial charge in [0.15, 0.2) is 0 Å². The Kier molecular flexibility index (Phi) is 4.56. The number of likely N-dealkylation sites (tertiary alicyclic amines) is 1. The first-order valence-corrected chi connectivity index (χ1v) is 6.73. The highest BCUT2D eigenvalue weighted by Crippen LogP contribution is 2.37. The zero-order valence-electron chi connectivity index (χ0n) is 10.4. The summed E-state index contributed by atoms with van der Waals surface area (Å²) < 4.78 is 36.9. The minimum atomic E-state index is -4.31. The van der Waals surface area contributed by atoms with Gasteiger partial charge in [-0.2, -0.15) is 13.2 Å². The number of carbonyl (C=O) groups excluding carboxylic acids is 1. The number of amides is 1. The van der Waals surface area contributed by atoms with Gasteiger partial charge in [0.1, 0.15) is 0 Å². The molecule has 1 aliphatic heterocycles. The second-order valence-corrected chi connectivity index (χ2v) is 5.58. The number of halogens is 3. The van der Waals surface area contributed by atoms with E-state index in [1.807, 2.05) is 0 Å². The Balaban J connectivity index is 2.00. The summed E-state index contributed by atoms with van der Waals surface area (Å²) in [5.74, 6) is -0.489. The Labute approximate surface area is 117 Å². The van der Waals surface area contributed by atoms with E-state index in [1.165, 1.54) is 12.1 Å². The average molecular weight is 306 g/mol. The van der Waals surface area contributed by atoms with Crippen molar-refractivity contribution < 1.29 is 23.2 Å². The summed E-state index contributed by atoms with van der Waals surface area (Å²) in [4.78, 5) is 13.2. The van der Waals surface area contributed by atoms with Crippen LogP contribution in [0, 0.1) is 0 Å². The summed E-state index contributed by atoms with van der Waals surface area (Å²) in [5, 5.41) is 8.57. The van der Waals surface area contributed by atoms with Crippen LogP contribution in [0.4, 0.5) is 13.2 Å². The molecular weight excluding hydrogens is 293 g/mol. The molecule has 20 heavy (non-hydrogen) atoms. The number of nitrogens with one attached hydrogen (secondary N) is 1. The van der Waals surface area contributed by atoms with Gasteiger partial charge in [-0.15, -0.1) is 0 Å². The number of hydroxylamine groups is 1. The summed E-state index contributed by atoms with van der Waals surface area (Å²) in [7, 11) is 0. The fourth-order valence-electron chi connectivity index (χ4n) is 2.08. The molecule has 0 aromatic heterocycles. The molecule has 1 aromatic carbocycles. The Bertz CT molecular complexity index is 496. The van der Waals surface area contributed by atoms with Gasteiger partial charge in [-0.05, 0) is 35.9 Å². The van der Waals surface area contributed by atoms with Crippen LogP contribution in [0.25, 0.3) is 0 Å². The molecule has 0 aliphatic carbocycles. The SMILES string of the molecule is O=C(NO)C1CCN1Cc1cccc(SC(F)(F)F)c1. The highest BCUT2D eigenvalue weighted by Gasteiger charge is 2.34. The second kappa shape index (κ2) is 6.02. The van der Waals surface area contributed by atoms with Gasteiger partial charge in [0, 0.05) is 18.0 Å². The molecule has 1 fully saturated rings. The van der Waals surface area contributed by atoms with E-state index in [2.05, 4.69) is 0 Å². The Morgan fingerprint density at radius 1 is 1.50 bits per heavy atom. The highest BCUT2D eigenvalue weighted by molar-refractivity contribution is 8.00. The van der Waals surface area contributed by atoms with Crippen LogP contribution in [0.2, 0.25) is 0 Å². The molecule has 2 rings (SSSR count). The van der Waals surface area contributed by atoms with E-state index in [0.29, 0.717) is 25.1 Å². The largest absolute Gasteiger partial charge is 0.446 e. The van der Waals surface area contributed by atoms with Crippen molar-refractivity contribution in [3.63, 3.8) is 0 Å². The summed E-state index contributed by atoms with van der Waals surface area (Å²) >= 11 is -0.159. The third kappa shape index (κ3) is 3.87. The van der Waals surface area contributed by atoms with Gasteiger partial charge >= 0.3 is 5.51 Å². The van der Waals surface area contributed by atoms with Crippen molar-refractivity contribution in [3.8, 4) is 0 Å². The molecule has 1 aliphatic rings. The van der Waals surface area contributed by atoms with Crippen molar-refractivity contribution in [2.45, 2.75) is 29.4 Å². The van der Waals surface area contributed by atoms with Gasteiger partial charge in [0.2, 0.25) is 0 Å². The fraction of sp³-hybridized carbons (Fsp3) is 0.417. The van der Waals surface area contributed by atoms with E-state index in [-0.39, 0.29) is 16.7 Å². The highest BCUT2D eigenvalue weighted by atomic mass is 32.2. The molecule has 0 saturated carbocycles. The lowest BCUT2D eigenvalue weighted by atomic mass is 10.0. The van der Waals surface area contributed by atoms with Crippen molar-refractivity contribution in [1.82, 2.24) is 10.4 Å². The first-order valence-electron chi connectivity index (χ1n) is 5.92. The van der Waals surface area contributed by atoms with Crippen molar-refractivity contribution in [2.24, 2.45) is 0 Å². The normalized spacial score (nSPS) is 19.5. The third-order valence-electron chi connectivity index (χ3n) is 3.06. The lowest BCUT2D eigenvalue weighted by Crippen LogP contribution is -2.54. The van der Waals surface area contributed by atoms with Crippen LogP contribution >= 0.6 is 11.8 Å². The molecule has 1 saturated heterocycles. The molecule has 1 aromatic rings. The standard InChI is InChI=1S/C12H13F3N2O2S/c13-12(14,15)20-9-3-1-2-8(6-9)7-17-5-4-10(17)11(18)16-19/h1-3,6,10,19H,4-5,7H2,(H,16,18). The van der Waals surface area contributed by atoms with Crippen LogP contribution in [0.3, 0.4) is 0 Å². The fourth-order valence-corrected chi connectivity index (χ4v) is 2.70. The maximum atomic E-state index is 12.3. The summed E-state index contributed by atoms with van der Waals surface area (Å²) in [6, 6.07) is 5.72. The number of alkyl halides is 3. The molecule has 110 valence electrons. The van der Waals surface area contributed by atoms with Crippen LogP contribution in [0.5, 0.6) is 0 Å². The zero-order chi connectivity index (χ0) is 14.8. The molecule has 1 heterocycles. The first kappa shape index (κ1) is 15.1. The number of carbonyl (C=O) groups is 1. The Morgan fingerprint density at radius 3 is 2.80 bits per heavy atom. The predicted molar refractivity (Wildman–Crippen MR) is 67.1 cm³/mol. The van der Waals surface area contributed by atoms with Crippen LogP contribution in [-0.2, 0) is 11.3 Å². The molecule has 1 amide bonds. The Hall–Kier alpha value is -1.25. The van der Waals surface area contributed by atoms with Crippen molar-refractivity contribution in [1.29, 1.82) is 0 Å². The van der Waals surface area contributed by atoms with E-state index >= 15 is 0 Å². The number of benzene rings is 1. The van der Waals surface area contributed by atoms with Gasteiger partial charge < -0.3 is 0 Å². The summed E-state index contributed by atoms with van der Waals surface area (Å²) in [6.45, 7) is 1.05. The molecule has 1 unspecified atom stereocenters. The van der Waals surface area contributed by atoms with Gasteiger partial charge in [-0.3, -0.25) is 14.9 Å².